The van der Waals surface area contributed by atoms with Gasteiger partial charge in [-0.1, -0.05) is 42.5 Å². The Morgan fingerprint density at radius 1 is 0.909 bits per heavy atom. The summed E-state index contributed by atoms with van der Waals surface area (Å²) in [5, 5.41) is 0.433. The van der Waals surface area contributed by atoms with Crippen LogP contribution in [0.5, 0.6) is 5.75 Å². The molecule has 1 heterocycles. The fourth-order valence-electron chi connectivity index (χ4n) is 3.38. The highest BCUT2D eigenvalue weighted by atomic mass is 19.4. The number of para-hydroxylation sites is 1. The maximum absolute atomic E-state index is 13.2. The van der Waals surface area contributed by atoms with E-state index in [1.807, 2.05) is 30.3 Å². The van der Waals surface area contributed by atoms with Gasteiger partial charge in [0, 0.05) is 12.1 Å². The van der Waals surface area contributed by atoms with Crippen molar-refractivity contribution in [3.05, 3.63) is 106 Å². The summed E-state index contributed by atoms with van der Waals surface area (Å²) in [7, 11) is 0. The van der Waals surface area contributed by atoms with E-state index in [0.717, 1.165) is 17.7 Å². The van der Waals surface area contributed by atoms with Gasteiger partial charge in [0.15, 0.2) is 0 Å². The predicted molar refractivity (Wildman–Crippen MR) is 116 cm³/mol. The quantitative estimate of drug-likeness (QED) is 0.461. The molecule has 0 aliphatic heterocycles. The van der Waals surface area contributed by atoms with Gasteiger partial charge < -0.3 is 14.6 Å². The van der Waals surface area contributed by atoms with Crippen LogP contribution in [0.25, 0.3) is 10.9 Å². The Hall–Kier alpha value is -4.14. The highest BCUT2D eigenvalue weighted by Gasteiger charge is 2.31. The third-order valence-corrected chi connectivity index (χ3v) is 4.84. The first kappa shape index (κ1) is 22.1. The van der Waals surface area contributed by atoms with Crippen LogP contribution in [0.1, 0.15) is 21.7 Å². The number of ether oxygens (including phenoxy) is 1. The molecule has 0 aliphatic carbocycles. The standard InChI is InChI=1S/C24H18F3N3O3/c25-24(26,27)33-18-12-10-17(11-13-18)23(32)30(14-16-6-2-1-3-7-16)15-21-28-20-9-5-4-8-19(20)22(31)29-21/h1-13H,14-15H2,(H,28,29,31). The Labute approximate surface area is 186 Å². The number of alkyl halides is 3. The molecule has 6 nitrogen and oxygen atoms in total. The molecular formula is C24H18F3N3O3. The summed E-state index contributed by atoms with van der Waals surface area (Å²) in [6.07, 6.45) is -4.82. The van der Waals surface area contributed by atoms with Gasteiger partial charge in [-0.2, -0.15) is 0 Å². The monoisotopic (exact) mass is 453 g/mol. The maximum Gasteiger partial charge on any atom is 0.573 e. The Morgan fingerprint density at radius 2 is 1.58 bits per heavy atom. The first-order valence-corrected chi connectivity index (χ1v) is 9.95. The van der Waals surface area contributed by atoms with E-state index in [9.17, 15) is 22.8 Å². The zero-order valence-corrected chi connectivity index (χ0v) is 17.2. The van der Waals surface area contributed by atoms with Crippen molar-refractivity contribution in [2.75, 3.05) is 0 Å². The van der Waals surface area contributed by atoms with Crippen LogP contribution in [0.15, 0.2) is 83.7 Å². The molecule has 0 unspecified atom stereocenters. The minimum atomic E-state index is -4.82. The number of amides is 1. The minimum Gasteiger partial charge on any atom is -0.406 e. The molecule has 168 valence electrons. The Balaban J connectivity index is 1.63. The van der Waals surface area contributed by atoms with E-state index in [2.05, 4.69) is 14.7 Å². The number of hydrogen-bond donors (Lipinski definition) is 1. The molecule has 0 saturated heterocycles. The lowest BCUT2D eigenvalue weighted by molar-refractivity contribution is -0.274. The van der Waals surface area contributed by atoms with Gasteiger partial charge in [0.25, 0.3) is 11.5 Å². The van der Waals surface area contributed by atoms with Crippen LogP contribution in [0.3, 0.4) is 0 Å². The van der Waals surface area contributed by atoms with Crippen LogP contribution >= 0.6 is 0 Å². The number of rotatable bonds is 6. The van der Waals surface area contributed by atoms with E-state index in [0.29, 0.717) is 16.7 Å². The van der Waals surface area contributed by atoms with E-state index < -0.39 is 18.0 Å². The van der Waals surface area contributed by atoms with Crippen LogP contribution in [0, 0.1) is 0 Å². The summed E-state index contributed by atoms with van der Waals surface area (Å²) in [5.41, 5.74) is 1.18. The van der Waals surface area contributed by atoms with E-state index in [1.54, 1.807) is 24.3 Å². The van der Waals surface area contributed by atoms with E-state index in [1.165, 1.54) is 17.0 Å². The highest BCUT2D eigenvalue weighted by Crippen LogP contribution is 2.23. The number of halogens is 3. The summed E-state index contributed by atoms with van der Waals surface area (Å²) in [4.78, 5) is 34.3. The van der Waals surface area contributed by atoms with Gasteiger partial charge in [0.05, 0.1) is 17.4 Å². The normalized spacial score (nSPS) is 11.4. The number of hydrogen-bond acceptors (Lipinski definition) is 4. The number of nitrogens with zero attached hydrogens (tertiary/aromatic N) is 2. The van der Waals surface area contributed by atoms with Crippen molar-refractivity contribution in [2.45, 2.75) is 19.5 Å². The van der Waals surface area contributed by atoms with Gasteiger partial charge >= 0.3 is 6.36 Å². The van der Waals surface area contributed by atoms with E-state index >= 15 is 0 Å². The fraction of sp³-hybridized carbons (Fsp3) is 0.125. The lowest BCUT2D eigenvalue weighted by Crippen LogP contribution is -2.31. The maximum atomic E-state index is 13.2. The van der Waals surface area contributed by atoms with Gasteiger partial charge in [-0.25, -0.2) is 4.98 Å². The number of nitrogens with one attached hydrogen (secondary N) is 1. The summed E-state index contributed by atoms with van der Waals surface area (Å²) in [5.74, 6) is -0.567. The molecule has 1 aromatic heterocycles. The summed E-state index contributed by atoms with van der Waals surface area (Å²) < 4.78 is 41.1. The molecule has 33 heavy (non-hydrogen) atoms. The number of carbonyl (C=O) groups excluding carboxylic acids is 1. The van der Waals surface area contributed by atoms with Gasteiger partial charge in [-0.3, -0.25) is 9.59 Å². The molecule has 4 aromatic rings. The zero-order chi connectivity index (χ0) is 23.4. The molecule has 1 N–H and O–H groups in total. The molecule has 4 rings (SSSR count). The fourth-order valence-corrected chi connectivity index (χ4v) is 3.38. The number of fused-ring (bicyclic) bond motifs is 1. The number of benzene rings is 3. The first-order chi connectivity index (χ1) is 15.8. The topological polar surface area (TPSA) is 75.3 Å². The zero-order valence-electron chi connectivity index (χ0n) is 17.2. The number of aromatic amines is 1. The molecular weight excluding hydrogens is 435 g/mol. The van der Waals surface area contributed by atoms with Crippen molar-refractivity contribution in [3.8, 4) is 5.75 Å². The molecule has 1 amide bonds. The SMILES string of the molecule is O=C(c1ccc(OC(F)(F)F)cc1)N(Cc1ccccc1)Cc1nc2ccccc2c(=O)[nH]1. The van der Waals surface area contributed by atoms with Gasteiger partial charge in [0.1, 0.15) is 11.6 Å². The van der Waals surface area contributed by atoms with Crippen molar-refractivity contribution in [1.82, 2.24) is 14.9 Å². The number of carbonyl (C=O) groups is 1. The summed E-state index contributed by atoms with van der Waals surface area (Å²) >= 11 is 0. The highest BCUT2D eigenvalue weighted by molar-refractivity contribution is 5.94. The third kappa shape index (κ3) is 5.57. The molecule has 0 spiro atoms. The predicted octanol–water partition coefficient (Wildman–Crippen LogP) is 4.66. The molecule has 0 aliphatic rings. The smallest absolute Gasteiger partial charge is 0.406 e. The molecule has 0 bridgehead atoms. The first-order valence-electron chi connectivity index (χ1n) is 9.95. The Morgan fingerprint density at radius 3 is 2.27 bits per heavy atom. The van der Waals surface area contributed by atoms with Crippen molar-refractivity contribution < 1.29 is 22.7 Å². The molecule has 9 heteroatoms. The van der Waals surface area contributed by atoms with Crippen molar-refractivity contribution in [3.63, 3.8) is 0 Å². The van der Waals surface area contributed by atoms with Crippen LogP contribution in [0.4, 0.5) is 13.2 Å². The molecule has 0 fully saturated rings. The van der Waals surface area contributed by atoms with Crippen LogP contribution < -0.4 is 10.3 Å². The summed E-state index contributed by atoms with van der Waals surface area (Å²) in [6, 6.07) is 20.7. The van der Waals surface area contributed by atoms with E-state index in [-0.39, 0.29) is 24.2 Å². The average Bonchev–Trinajstić information content (AvgIpc) is 2.78. The van der Waals surface area contributed by atoms with Crippen molar-refractivity contribution in [1.29, 1.82) is 0 Å². The van der Waals surface area contributed by atoms with Gasteiger partial charge in [-0.15, -0.1) is 13.2 Å². The second-order valence-electron chi connectivity index (χ2n) is 7.25. The minimum absolute atomic E-state index is 0.00535. The van der Waals surface area contributed by atoms with Crippen molar-refractivity contribution in [2.24, 2.45) is 0 Å². The van der Waals surface area contributed by atoms with Gasteiger partial charge in [0.2, 0.25) is 0 Å². The number of H-pyrrole nitrogens is 1. The lowest BCUT2D eigenvalue weighted by atomic mass is 10.1. The van der Waals surface area contributed by atoms with E-state index in [4.69, 9.17) is 0 Å². The molecule has 3 aromatic carbocycles. The Kier molecular flexibility index (Phi) is 6.12. The second kappa shape index (κ2) is 9.15. The van der Waals surface area contributed by atoms with Crippen LogP contribution in [0.2, 0.25) is 0 Å². The van der Waals surface area contributed by atoms with Gasteiger partial charge in [-0.05, 0) is 42.0 Å². The molecule has 0 saturated carbocycles. The van der Waals surface area contributed by atoms with Crippen LogP contribution in [-0.2, 0) is 13.1 Å². The van der Waals surface area contributed by atoms with Crippen LogP contribution in [-0.4, -0.2) is 27.1 Å². The average molecular weight is 453 g/mol. The van der Waals surface area contributed by atoms with Crippen molar-refractivity contribution >= 4 is 16.8 Å². The summed E-state index contributed by atoms with van der Waals surface area (Å²) in [6.45, 7) is 0.200. The second-order valence-corrected chi connectivity index (χ2v) is 7.25. The lowest BCUT2D eigenvalue weighted by Gasteiger charge is -2.23. The third-order valence-electron chi connectivity index (χ3n) is 4.84. The Bertz CT molecular complexity index is 1320. The molecule has 0 atom stereocenters. The molecule has 0 radical (unpaired) electrons. The largest absolute Gasteiger partial charge is 0.573 e. The number of aromatic nitrogens is 2.